The topological polar surface area (TPSA) is 66.8 Å². The lowest BCUT2D eigenvalue weighted by molar-refractivity contribution is -0.129. The monoisotopic (exact) mass is 317 g/mol. The van der Waals surface area contributed by atoms with Crippen molar-refractivity contribution in [1.82, 2.24) is 4.90 Å². The van der Waals surface area contributed by atoms with Gasteiger partial charge in [-0.25, -0.2) is 4.79 Å². The van der Waals surface area contributed by atoms with Crippen LogP contribution in [-0.2, 0) is 16.0 Å². The Labute approximate surface area is 136 Å². The fraction of sp³-hybridized carbons (Fsp3) is 0.556. The SMILES string of the molecule is O=C(O)c1ccc(CC(=O)N2CCC(C3CCOCC3)C2)cc1. The lowest BCUT2D eigenvalue weighted by atomic mass is 9.85. The molecule has 1 amide bonds. The van der Waals surface area contributed by atoms with Crippen LogP contribution in [0.25, 0.3) is 0 Å². The molecule has 1 unspecified atom stereocenters. The fourth-order valence-electron chi connectivity index (χ4n) is 3.64. The number of nitrogens with zero attached hydrogens (tertiary/aromatic N) is 1. The van der Waals surface area contributed by atoms with Crippen LogP contribution in [0.3, 0.4) is 0 Å². The molecule has 0 spiro atoms. The predicted octanol–water partition coefficient (Wildman–Crippen LogP) is 2.20. The molecule has 0 aliphatic carbocycles. The van der Waals surface area contributed by atoms with Crippen LogP contribution in [0.4, 0.5) is 0 Å². The normalized spacial score (nSPS) is 22.3. The molecular weight excluding hydrogens is 294 g/mol. The van der Waals surface area contributed by atoms with Crippen LogP contribution in [0, 0.1) is 11.8 Å². The molecule has 1 N–H and O–H groups in total. The quantitative estimate of drug-likeness (QED) is 0.924. The molecule has 23 heavy (non-hydrogen) atoms. The Hall–Kier alpha value is -1.88. The van der Waals surface area contributed by atoms with Crippen LogP contribution < -0.4 is 0 Å². The number of hydrogen-bond donors (Lipinski definition) is 1. The van der Waals surface area contributed by atoms with Crippen molar-refractivity contribution in [3.63, 3.8) is 0 Å². The molecule has 2 aliphatic rings. The van der Waals surface area contributed by atoms with E-state index in [1.54, 1.807) is 24.3 Å². The summed E-state index contributed by atoms with van der Waals surface area (Å²) in [6.45, 7) is 3.40. The maximum Gasteiger partial charge on any atom is 0.335 e. The summed E-state index contributed by atoms with van der Waals surface area (Å²) in [4.78, 5) is 25.3. The van der Waals surface area contributed by atoms with Crippen LogP contribution in [0.2, 0.25) is 0 Å². The van der Waals surface area contributed by atoms with Gasteiger partial charge >= 0.3 is 5.97 Å². The smallest absolute Gasteiger partial charge is 0.335 e. The zero-order valence-corrected chi connectivity index (χ0v) is 13.2. The fourth-order valence-corrected chi connectivity index (χ4v) is 3.64. The molecule has 1 aromatic rings. The van der Waals surface area contributed by atoms with E-state index in [1.165, 1.54) is 0 Å². The molecule has 2 fully saturated rings. The standard InChI is InChI=1S/C18H23NO4/c20-17(11-13-1-3-15(4-2-13)18(21)22)19-8-5-16(12-19)14-6-9-23-10-7-14/h1-4,14,16H,5-12H2,(H,21,22). The van der Waals surface area contributed by atoms with Gasteiger partial charge in [0.25, 0.3) is 0 Å². The summed E-state index contributed by atoms with van der Waals surface area (Å²) in [5, 5.41) is 8.90. The van der Waals surface area contributed by atoms with Crippen LogP contribution in [0.1, 0.15) is 35.2 Å². The summed E-state index contributed by atoms with van der Waals surface area (Å²) < 4.78 is 5.42. The van der Waals surface area contributed by atoms with Crippen LogP contribution in [0.5, 0.6) is 0 Å². The van der Waals surface area contributed by atoms with E-state index in [2.05, 4.69) is 0 Å². The van der Waals surface area contributed by atoms with Gasteiger partial charge in [-0.3, -0.25) is 4.79 Å². The van der Waals surface area contributed by atoms with Crippen molar-refractivity contribution in [2.45, 2.75) is 25.7 Å². The van der Waals surface area contributed by atoms with E-state index in [9.17, 15) is 9.59 Å². The molecule has 5 heteroatoms. The number of carbonyl (C=O) groups excluding carboxylic acids is 1. The minimum atomic E-state index is -0.943. The van der Waals surface area contributed by atoms with Gasteiger partial charge < -0.3 is 14.7 Å². The highest BCUT2D eigenvalue weighted by Crippen LogP contribution is 2.31. The van der Waals surface area contributed by atoms with Crippen molar-refractivity contribution in [2.24, 2.45) is 11.8 Å². The summed E-state index contributed by atoms with van der Waals surface area (Å²) in [5.74, 6) is 0.498. The summed E-state index contributed by atoms with van der Waals surface area (Å²) in [6.07, 6.45) is 3.67. The van der Waals surface area contributed by atoms with E-state index in [-0.39, 0.29) is 11.5 Å². The van der Waals surface area contributed by atoms with E-state index >= 15 is 0 Å². The van der Waals surface area contributed by atoms with Gasteiger partial charge in [-0.15, -0.1) is 0 Å². The molecule has 0 bridgehead atoms. The maximum absolute atomic E-state index is 12.4. The lowest BCUT2D eigenvalue weighted by Gasteiger charge is -2.27. The number of carboxylic acid groups (broad SMARTS) is 1. The number of rotatable bonds is 4. The van der Waals surface area contributed by atoms with Gasteiger partial charge in [-0.05, 0) is 48.8 Å². The number of benzene rings is 1. The third-order valence-corrected chi connectivity index (χ3v) is 5.07. The average molecular weight is 317 g/mol. The second-order valence-corrected chi connectivity index (χ2v) is 6.52. The molecule has 0 saturated carbocycles. The molecule has 3 rings (SSSR count). The van der Waals surface area contributed by atoms with Gasteiger partial charge in [-0.2, -0.15) is 0 Å². The Morgan fingerprint density at radius 1 is 1.09 bits per heavy atom. The highest BCUT2D eigenvalue weighted by molar-refractivity contribution is 5.87. The van der Waals surface area contributed by atoms with E-state index in [0.717, 1.165) is 51.1 Å². The number of hydrogen-bond acceptors (Lipinski definition) is 3. The second kappa shape index (κ2) is 7.13. The molecule has 1 aromatic carbocycles. The lowest BCUT2D eigenvalue weighted by Crippen LogP contribution is -2.32. The first-order valence-electron chi connectivity index (χ1n) is 8.31. The number of carbonyl (C=O) groups is 2. The first kappa shape index (κ1) is 16.0. The summed E-state index contributed by atoms with van der Waals surface area (Å²) in [5.41, 5.74) is 1.12. The van der Waals surface area contributed by atoms with Crippen LogP contribution >= 0.6 is 0 Å². The van der Waals surface area contributed by atoms with Gasteiger partial charge in [0.15, 0.2) is 0 Å². The first-order chi connectivity index (χ1) is 11.1. The molecule has 2 saturated heterocycles. The summed E-state index contributed by atoms with van der Waals surface area (Å²) in [7, 11) is 0. The highest BCUT2D eigenvalue weighted by Gasteiger charge is 2.32. The number of carboxylic acids is 1. The Morgan fingerprint density at radius 3 is 2.43 bits per heavy atom. The zero-order valence-electron chi connectivity index (χ0n) is 13.2. The van der Waals surface area contributed by atoms with Crippen molar-refractivity contribution in [3.8, 4) is 0 Å². The van der Waals surface area contributed by atoms with Crippen LogP contribution in [0.15, 0.2) is 24.3 Å². The first-order valence-corrected chi connectivity index (χ1v) is 8.31. The Bertz CT molecular complexity index is 563. The predicted molar refractivity (Wildman–Crippen MR) is 85.3 cm³/mol. The van der Waals surface area contributed by atoms with Gasteiger partial charge in [0.05, 0.1) is 12.0 Å². The van der Waals surface area contributed by atoms with Crippen LogP contribution in [-0.4, -0.2) is 48.2 Å². The molecule has 5 nitrogen and oxygen atoms in total. The van der Waals surface area contributed by atoms with E-state index in [0.29, 0.717) is 18.3 Å². The second-order valence-electron chi connectivity index (χ2n) is 6.52. The Morgan fingerprint density at radius 2 is 1.78 bits per heavy atom. The van der Waals surface area contributed by atoms with Crippen molar-refractivity contribution in [2.75, 3.05) is 26.3 Å². The van der Waals surface area contributed by atoms with E-state index < -0.39 is 5.97 Å². The van der Waals surface area contributed by atoms with Crippen molar-refractivity contribution in [1.29, 1.82) is 0 Å². The van der Waals surface area contributed by atoms with Crippen molar-refractivity contribution < 1.29 is 19.4 Å². The molecule has 124 valence electrons. The molecule has 2 aliphatic heterocycles. The van der Waals surface area contributed by atoms with Gasteiger partial charge in [-0.1, -0.05) is 12.1 Å². The molecule has 2 heterocycles. The van der Waals surface area contributed by atoms with Crippen molar-refractivity contribution in [3.05, 3.63) is 35.4 Å². The molecule has 1 atom stereocenters. The molecular formula is C18H23NO4. The van der Waals surface area contributed by atoms with Crippen molar-refractivity contribution >= 4 is 11.9 Å². The Kier molecular flexibility index (Phi) is 4.96. The summed E-state index contributed by atoms with van der Waals surface area (Å²) >= 11 is 0. The zero-order chi connectivity index (χ0) is 16.2. The maximum atomic E-state index is 12.4. The third-order valence-electron chi connectivity index (χ3n) is 5.07. The molecule has 0 aromatic heterocycles. The minimum absolute atomic E-state index is 0.141. The number of aromatic carboxylic acids is 1. The van der Waals surface area contributed by atoms with E-state index in [4.69, 9.17) is 9.84 Å². The van der Waals surface area contributed by atoms with Gasteiger partial charge in [0.2, 0.25) is 5.91 Å². The largest absolute Gasteiger partial charge is 0.478 e. The van der Waals surface area contributed by atoms with Gasteiger partial charge in [0.1, 0.15) is 0 Å². The summed E-state index contributed by atoms with van der Waals surface area (Å²) in [6, 6.07) is 6.57. The third kappa shape index (κ3) is 3.91. The molecule has 0 radical (unpaired) electrons. The number of amides is 1. The van der Waals surface area contributed by atoms with Gasteiger partial charge in [0, 0.05) is 26.3 Å². The number of likely N-dealkylation sites (tertiary alicyclic amines) is 1. The number of ether oxygens (including phenoxy) is 1. The average Bonchev–Trinajstić information content (AvgIpc) is 3.06. The highest BCUT2D eigenvalue weighted by atomic mass is 16.5. The minimum Gasteiger partial charge on any atom is -0.478 e. The van der Waals surface area contributed by atoms with E-state index in [1.807, 2.05) is 4.90 Å². The Balaban J connectivity index is 1.53.